The summed E-state index contributed by atoms with van der Waals surface area (Å²) in [7, 11) is -4.48. The van der Waals surface area contributed by atoms with Gasteiger partial charge in [0.1, 0.15) is 17.7 Å². The molecule has 1 aliphatic heterocycles. The maximum atomic E-state index is 14.5. The van der Waals surface area contributed by atoms with Crippen molar-refractivity contribution in [2.45, 2.75) is 36.0 Å². The summed E-state index contributed by atoms with van der Waals surface area (Å²) in [5, 5.41) is 2.29. The zero-order chi connectivity index (χ0) is 29.0. The van der Waals surface area contributed by atoms with Gasteiger partial charge in [-0.15, -0.1) is 0 Å². The van der Waals surface area contributed by atoms with Crippen molar-refractivity contribution in [2.75, 3.05) is 6.54 Å². The topological polar surface area (TPSA) is 105 Å². The molecule has 2 fully saturated rings. The van der Waals surface area contributed by atoms with Gasteiger partial charge in [0.15, 0.2) is 0 Å². The zero-order valence-electron chi connectivity index (χ0n) is 20.0. The number of hydrogen-bond donors (Lipinski definition) is 1. The van der Waals surface area contributed by atoms with Gasteiger partial charge in [-0.1, -0.05) is 0 Å². The molecule has 1 N–H and O–H groups in total. The van der Waals surface area contributed by atoms with Crippen LogP contribution in [0.5, 0.6) is 0 Å². The first-order valence-corrected chi connectivity index (χ1v) is 13.1. The van der Waals surface area contributed by atoms with E-state index in [9.17, 15) is 43.9 Å². The second-order valence-electron chi connectivity index (χ2n) is 9.40. The number of pyridine rings is 1. The molecule has 3 atom stereocenters. The molecule has 1 saturated carbocycles. The predicted octanol–water partition coefficient (Wildman–Crippen LogP) is 3.80. The van der Waals surface area contributed by atoms with Crippen LogP contribution in [0.2, 0.25) is 0 Å². The quantitative estimate of drug-likeness (QED) is 0.439. The van der Waals surface area contributed by atoms with Gasteiger partial charge in [-0.05, 0) is 36.2 Å². The predicted molar refractivity (Wildman–Crippen MR) is 123 cm³/mol. The summed E-state index contributed by atoms with van der Waals surface area (Å²) in [4.78, 5) is 23.0. The largest absolute Gasteiger partial charge is 0.451 e. The molecule has 1 saturated heterocycles. The third kappa shape index (κ3) is 5.00. The van der Waals surface area contributed by atoms with Crippen LogP contribution in [0.3, 0.4) is 0 Å². The Labute approximate surface area is 222 Å². The van der Waals surface area contributed by atoms with E-state index in [1.54, 1.807) is 0 Å². The van der Waals surface area contributed by atoms with Crippen molar-refractivity contribution in [1.29, 1.82) is 0 Å². The fourth-order valence-corrected chi connectivity index (χ4v) is 6.60. The molecule has 0 radical (unpaired) electrons. The number of hydrogen-bond acceptors (Lipinski definition) is 6. The molecule has 1 aromatic carbocycles. The van der Waals surface area contributed by atoms with Crippen molar-refractivity contribution in [1.82, 2.24) is 24.6 Å². The number of sulfonamides is 1. The average molecular weight is 589 g/mol. The Morgan fingerprint density at radius 3 is 2.30 bits per heavy atom. The van der Waals surface area contributed by atoms with Gasteiger partial charge in [-0.2, -0.15) is 17.5 Å². The molecule has 1 amide bonds. The first kappa shape index (κ1) is 27.9. The number of nitrogens with one attached hydrogen (secondary N) is 1. The Hall–Kier alpha value is -3.66. The highest BCUT2D eigenvalue weighted by atomic mass is 32.2. The fraction of sp³-hybridized carbons (Fsp3) is 0.333. The van der Waals surface area contributed by atoms with E-state index in [1.807, 2.05) is 0 Å². The van der Waals surface area contributed by atoms with E-state index in [1.165, 1.54) is 0 Å². The van der Waals surface area contributed by atoms with Crippen LogP contribution in [0.25, 0.3) is 11.3 Å². The molecular formula is C24H18F7N5O3S. The number of amides is 1. The lowest BCUT2D eigenvalue weighted by atomic mass is 9.69. The van der Waals surface area contributed by atoms with Gasteiger partial charge in [0, 0.05) is 43.0 Å². The molecule has 40 heavy (non-hydrogen) atoms. The summed E-state index contributed by atoms with van der Waals surface area (Å²) in [6.07, 6.45) is -3.00. The lowest BCUT2D eigenvalue weighted by Crippen LogP contribution is -2.56. The molecule has 0 unspecified atom stereocenters. The highest BCUT2D eigenvalue weighted by Crippen LogP contribution is 2.56. The number of carbonyl (C=O) groups is 1. The molecule has 0 bridgehead atoms. The molecule has 3 aromatic rings. The number of benzene rings is 1. The van der Waals surface area contributed by atoms with E-state index in [0.29, 0.717) is 4.31 Å². The van der Waals surface area contributed by atoms with Crippen molar-refractivity contribution >= 4 is 15.9 Å². The van der Waals surface area contributed by atoms with Crippen LogP contribution in [0.1, 0.15) is 17.8 Å². The summed E-state index contributed by atoms with van der Waals surface area (Å²) in [5.41, 5.74) is -0.239. The Balaban J connectivity index is 1.38. The molecule has 8 nitrogen and oxygen atoms in total. The van der Waals surface area contributed by atoms with E-state index in [0.717, 1.165) is 48.9 Å². The second-order valence-corrected chi connectivity index (χ2v) is 11.3. The van der Waals surface area contributed by atoms with Crippen LogP contribution in [-0.4, -0.2) is 52.1 Å². The van der Waals surface area contributed by atoms with Gasteiger partial charge in [0.25, 0.3) is 5.92 Å². The Morgan fingerprint density at radius 1 is 1.05 bits per heavy atom. The van der Waals surface area contributed by atoms with Crippen LogP contribution >= 0.6 is 0 Å². The number of halogens is 7. The number of fused-ring (bicyclic) bond motifs is 1. The molecule has 1 aliphatic carbocycles. The number of nitrogens with zero attached hydrogens (tertiary/aromatic N) is 4. The summed E-state index contributed by atoms with van der Waals surface area (Å²) in [6.45, 7) is -0.939. The van der Waals surface area contributed by atoms with Gasteiger partial charge in [-0.25, -0.2) is 35.9 Å². The minimum absolute atomic E-state index is 0.00453. The number of carbonyl (C=O) groups excluding carboxylic acids is 1. The van der Waals surface area contributed by atoms with Crippen molar-refractivity contribution in [3.8, 4) is 11.3 Å². The fourth-order valence-electron chi connectivity index (χ4n) is 4.94. The van der Waals surface area contributed by atoms with E-state index in [-0.39, 0.29) is 28.3 Å². The Morgan fingerprint density at radius 2 is 1.70 bits per heavy atom. The average Bonchev–Trinajstić information content (AvgIpc) is 3.24. The maximum absolute atomic E-state index is 14.5. The van der Waals surface area contributed by atoms with Crippen LogP contribution in [0.15, 0.2) is 53.8 Å². The molecular weight excluding hydrogens is 571 g/mol. The van der Waals surface area contributed by atoms with Crippen LogP contribution in [0, 0.1) is 23.5 Å². The standard InChI is InChI=1S/C24H18F7N5O3S/c25-15-1-3-16(4-2-15)40(38,39)36-11-13-6-23(27,28)19(13)20(36)21(37)33-7-12-5-18(32-10-17(12)26)14-8-34-22(35-9-14)24(29,30)31/h1-5,8-10,13,19-20H,6-7,11H2,(H,33,37)/t13-,19-,20-/m0/s1. The van der Waals surface area contributed by atoms with Crippen LogP contribution in [0.4, 0.5) is 30.7 Å². The lowest BCUT2D eigenvalue weighted by molar-refractivity contribution is -0.169. The Kier molecular flexibility index (Phi) is 6.81. The third-order valence-corrected chi connectivity index (χ3v) is 8.73. The van der Waals surface area contributed by atoms with Crippen molar-refractivity contribution in [2.24, 2.45) is 11.8 Å². The molecule has 212 valence electrons. The van der Waals surface area contributed by atoms with E-state index < -0.39 is 76.3 Å². The molecule has 5 rings (SSSR count). The maximum Gasteiger partial charge on any atom is 0.451 e. The lowest BCUT2D eigenvalue weighted by Gasteiger charge is -2.41. The van der Waals surface area contributed by atoms with Gasteiger partial charge < -0.3 is 5.32 Å². The number of alkyl halides is 5. The van der Waals surface area contributed by atoms with Gasteiger partial charge in [0.05, 0.1) is 22.7 Å². The monoisotopic (exact) mass is 589 g/mol. The van der Waals surface area contributed by atoms with Crippen molar-refractivity contribution in [3.63, 3.8) is 0 Å². The summed E-state index contributed by atoms with van der Waals surface area (Å²) >= 11 is 0. The van der Waals surface area contributed by atoms with Crippen molar-refractivity contribution in [3.05, 3.63) is 71.9 Å². The first-order valence-electron chi connectivity index (χ1n) is 11.7. The molecule has 3 heterocycles. The van der Waals surface area contributed by atoms with Gasteiger partial charge in [-0.3, -0.25) is 9.78 Å². The van der Waals surface area contributed by atoms with E-state index in [2.05, 4.69) is 20.3 Å². The smallest absolute Gasteiger partial charge is 0.351 e. The van der Waals surface area contributed by atoms with E-state index in [4.69, 9.17) is 0 Å². The van der Waals surface area contributed by atoms with Crippen LogP contribution in [-0.2, 0) is 27.5 Å². The minimum Gasteiger partial charge on any atom is -0.351 e. The zero-order valence-corrected chi connectivity index (χ0v) is 20.9. The highest BCUT2D eigenvalue weighted by Gasteiger charge is 2.67. The number of rotatable bonds is 6. The molecule has 2 aliphatic rings. The van der Waals surface area contributed by atoms with Gasteiger partial charge in [0.2, 0.25) is 21.8 Å². The molecule has 2 aromatic heterocycles. The molecule has 0 spiro atoms. The van der Waals surface area contributed by atoms with Crippen molar-refractivity contribution < 1.29 is 43.9 Å². The third-order valence-electron chi connectivity index (χ3n) is 6.87. The highest BCUT2D eigenvalue weighted by molar-refractivity contribution is 7.89. The summed E-state index contributed by atoms with van der Waals surface area (Å²) in [5.74, 6) is -9.89. The second kappa shape index (κ2) is 9.76. The van der Waals surface area contributed by atoms with E-state index >= 15 is 0 Å². The minimum atomic E-state index is -4.78. The number of aromatic nitrogens is 3. The summed E-state index contributed by atoms with van der Waals surface area (Å²) in [6, 6.07) is 2.95. The SMILES string of the molecule is O=C(NCc1cc(-c2cnc(C(F)(F)F)nc2)ncc1F)[C@@H]1[C@@H]2[C@H](CN1S(=O)(=O)c1ccc(F)cc1)CC2(F)F. The Bertz CT molecular complexity index is 1550. The van der Waals surface area contributed by atoms with Crippen LogP contribution < -0.4 is 5.32 Å². The first-order chi connectivity index (χ1) is 18.7. The normalized spacial score (nSPS) is 22.4. The molecule has 16 heteroatoms. The van der Waals surface area contributed by atoms with Gasteiger partial charge >= 0.3 is 6.18 Å². The summed E-state index contributed by atoms with van der Waals surface area (Å²) < 4.78 is 122.